The van der Waals surface area contributed by atoms with Gasteiger partial charge in [-0.05, 0) is 44.6 Å². The third-order valence-corrected chi connectivity index (χ3v) is 5.75. The third-order valence-electron chi connectivity index (χ3n) is 5.25. The van der Waals surface area contributed by atoms with Crippen LogP contribution in [0.15, 0.2) is 28.7 Å². The highest BCUT2D eigenvalue weighted by Crippen LogP contribution is 2.18. The summed E-state index contributed by atoms with van der Waals surface area (Å²) in [6, 6.07) is 7.67. The van der Waals surface area contributed by atoms with Crippen molar-refractivity contribution in [2.24, 2.45) is 0 Å². The number of hydrogen-bond donors (Lipinski definition) is 1. The van der Waals surface area contributed by atoms with E-state index in [2.05, 4.69) is 31.0 Å². The highest BCUT2D eigenvalue weighted by Gasteiger charge is 2.32. The SMILES string of the molecule is CN1CCC[C@@H]1C(=O)N1CCN(CCC(=O)Nc2cccc(Br)c2)CC1. The van der Waals surface area contributed by atoms with Gasteiger partial charge in [-0.15, -0.1) is 0 Å². The molecule has 0 aliphatic carbocycles. The van der Waals surface area contributed by atoms with Gasteiger partial charge in [0.1, 0.15) is 0 Å². The molecule has 1 atom stereocenters. The summed E-state index contributed by atoms with van der Waals surface area (Å²) in [6.07, 6.45) is 2.55. The van der Waals surface area contributed by atoms with Crippen molar-refractivity contribution in [1.29, 1.82) is 0 Å². The Bertz CT molecular complexity index is 646. The second-order valence-corrected chi connectivity index (χ2v) is 8.03. The molecule has 1 N–H and O–H groups in total. The lowest BCUT2D eigenvalue weighted by Crippen LogP contribution is -2.53. The number of carbonyl (C=O) groups excluding carboxylic acids is 2. The molecule has 0 spiro atoms. The molecule has 0 unspecified atom stereocenters. The minimum atomic E-state index is 0.0224. The van der Waals surface area contributed by atoms with Crippen molar-refractivity contribution in [1.82, 2.24) is 14.7 Å². The van der Waals surface area contributed by atoms with Gasteiger partial charge in [-0.2, -0.15) is 0 Å². The summed E-state index contributed by atoms with van der Waals surface area (Å²) in [4.78, 5) is 31.2. The van der Waals surface area contributed by atoms with Crippen molar-refractivity contribution in [3.8, 4) is 0 Å². The van der Waals surface area contributed by atoms with Crippen LogP contribution in [0.3, 0.4) is 0 Å². The Hall–Kier alpha value is -1.44. The van der Waals surface area contributed by atoms with Gasteiger partial charge in [-0.25, -0.2) is 0 Å². The van der Waals surface area contributed by atoms with Crippen LogP contribution in [0.4, 0.5) is 5.69 Å². The first kappa shape index (κ1) is 19.3. The average molecular weight is 423 g/mol. The molecule has 0 saturated carbocycles. The molecule has 142 valence electrons. The van der Waals surface area contributed by atoms with E-state index in [-0.39, 0.29) is 17.9 Å². The van der Waals surface area contributed by atoms with E-state index >= 15 is 0 Å². The van der Waals surface area contributed by atoms with E-state index in [0.29, 0.717) is 6.42 Å². The molecular weight excluding hydrogens is 396 g/mol. The van der Waals surface area contributed by atoms with Gasteiger partial charge >= 0.3 is 0 Å². The Morgan fingerprint density at radius 3 is 2.62 bits per heavy atom. The number of rotatable bonds is 5. The van der Waals surface area contributed by atoms with E-state index in [9.17, 15) is 9.59 Å². The predicted octanol–water partition coefficient (Wildman–Crippen LogP) is 2.02. The smallest absolute Gasteiger partial charge is 0.240 e. The summed E-state index contributed by atoms with van der Waals surface area (Å²) < 4.78 is 0.948. The fourth-order valence-corrected chi connectivity index (χ4v) is 4.07. The molecule has 0 radical (unpaired) electrons. The zero-order valence-corrected chi connectivity index (χ0v) is 16.9. The van der Waals surface area contributed by atoms with Crippen molar-refractivity contribution in [3.63, 3.8) is 0 Å². The molecule has 2 heterocycles. The highest BCUT2D eigenvalue weighted by atomic mass is 79.9. The second-order valence-electron chi connectivity index (χ2n) is 7.11. The number of benzene rings is 1. The van der Waals surface area contributed by atoms with E-state index in [0.717, 1.165) is 62.3 Å². The molecule has 2 saturated heterocycles. The number of nitrogens with one attached hydrogen (secondary N) is 1. The normalized spacial score (nSPS) is 21.8. The molecule has 2 aliphatic heterocycles. The molecule has 6 nitrogen and oxygen atoms in total. The Balaban J connectivity index is 1.38. The minimum Gasteiger partial charge on any atom is -0.339 e. The van der Waals surface area contributed by atoms with E-state index in [1.165, 1.54) is 0 Å². The van der Waals surface area contributed by atoms with Crippen molar-refractivity contribution in [3.05, 3.63) is 28.7 Å². The molecule has 0 bridgehead atoms. The molecule has 2 fully saturated rings. The first-order chi connectivity index (χ1) is 12.5. The van der Waals surface area contributed by atoms with Gasteiger partial charge in [-0.3, -0.25) is 19.4 Å². The van der Waals surface area contributed by atoms with Crippen LogP contribution >= 0.6 is 15.9 Å². The summed E-state index contributed by atoms with van der Waals surface area (Å²) in [7, 11) is 2.04. The van der Waals surface area contributed by atoms with Crippen molar-refractivity contribution in [2.75, 3.05) is 51.6 Å². The lowest BCUT2D eigenvalue weighted by molar-refractivity contribution is -0.137. The van der Waals surface area contributed by atoms with Crippen LogP contribution in [0.25, 0.3) is 0 Å². The predicted molar refractivity (Wildman–Crippen MR) is 106 cm³/mol. The Labute approximate surface area is 163 Å². The van der Waals surface area contributed by atoms with Crippen LogP contribution in [-0.2, 0) is 9.59 Å². The monoisotopic (exact) mass is 422 g/mol. The topological polar surface area (TPSA) is 55.9 Å². The number of carbonyl (C=O) groups is 2. The standard InChI is InChI=1S/C19H27BrN4O2/c1-22-8-3-6-17(22)19(26)24-12-10-23(11-13-24)9-7-18(25)21-16-5-2-4-15(20)14-16/h2,4-5,14,17H,3,6-13H2,1H3,(H,21,25)/t17-/m1/s1. The maximum Gasteiger partial charge on any atom is 0.240 e. The molecule has 1 aromatic rings. The summed E-state index contributed by atoms with van der Waals surface area (Å²) in [5, 5.41) is 2.93. The fraction of sp³-hybridized carbons (Fsp3) is 0.579. The summed E-state index contributed by atoms with van der Waals surface area (Å²) >= 11 is 3.40. The zero-order valence-electron chi connectivity index (χ0n) is 15.3. The Morgan fingerprint density at radius 2 is 1.96 bits per heavy atom. The van der Waals surface area contributed by atoms with Gasteiger partial charge in [-0.1, -0.05) is 22.0 Å². The van der Waals surface area contributed by atoms with Gasteiger partial charge in [0.15, 0.2) is 0 Å². The molecule has 2 aliphatic rings. The zero-order chi connectivity index (χ0) is 18.5. The summed E-state index contributed by atoms with van der Waals surface area (Å²) in [6.45, 7) is 4.94. The molecule has 0 aromatic heterocycles. The van der Waals surface area contributed by atoms with E-state index in [1.54, 1.807) is 0 Å². The van der Waals surface area contributed by atoms with Crippen LogP contribution in [0.2, 0.25) is 0 Å². The third kappa shape index (κ3) is 5.05. The van der Waals surface area contributed by atoms with Gasteiger partial charge in [0.05, 0.1) is 6.04 Å². The highest BCUT2D eigenvalue weighted by molar-refractivity contribution is 9.10. The summed E-state index contributed by atoms with van der Waals surface area (Å²) in [5.74, 6) is 0.297. The Morgan fingerprint density at radius 1 is 1.19 bits per heavy atom. The molecular formula is C19H27BrN4O2. The maximum absolute atomic E-state index is 12.6. The van der Waals surface area contributed by atoms with Crippen LogP contribution in [0.1, 0.15) is 19.3 Å². The number of piperazine rings is 1. The molecule has 3 rings (SSSR count). The maximum atomic E-state index is 12.6. The minimum absolute atomic E-state index is 0.0224. The van der Waals surface area contributed by atoms with Crippen molar-refractivity contribution < 1.29 is 9.59 Å². The molecule has 2 amide bonds. The number of likely N-dealkylation sites (tertiary alicyclic amines) is 1. The van der Waals surface area contributed by atoms with Crippen molar-refractivity contribution >= 4 is 33.4 Å². The number of likely N-dealkylation sites (N-methyl/N-ethyl adjacent to an activating group) is 1. The fourth-order valence-electron chi connectivity index (χ4n) is 3.67. The van der Waals surface area contributed by atoms with Crippen LogP contribution in [0, 0.1) is 0 Å². The number of hydrogen-bond acceptors (Lipinski definition) is 4. The first-order valence-corrected chi connectivity index (χ1v) is 10.1. The molecule has 26 heavy (non-hydrogen) atoms. The lowest BCUT2D eigenvalue weighted by atomic mass is 10.1. The first-order valence-electron chi connectivity index (χ1n) is 9.30. The lowest BCUT2D eigenvalue weighted by Gasteiger charge is -2.36. The van der Waals surface area contributed by atoms with Gasteiger partial charge in [0.2, 0.25) is 11.8 Å². The number of anilines is 1. The summed E-state index contributed by atoms with van der Waals surface area (Å²) in [5.41, 5.74) is 0.806. The van der Waals surface area contributed by atoms with Crippen LogP contribution in [-0.4, -0.2) is 78.9 Å². The number of amides is 2. The van der Waals surface area contributed by atoms with Crippen molar-refractivity contribution in [2.45, 2.75) is 25.3 Å². The van der Waals surface area contributed by atoms with Crippen LogP contribution < -0.4 is 5.32 Å². The van der Waals surface area contributed by atoms with Gasteiger partial charge in [0, 0.05) is 49.3 Å². The van der Waals surface area contributed by atoms with Gasteiger partial charge < -0.3 is 10.2 Å². The van der Waals surface area contributed by atoms with Crippen LogP contribution in [0.5, 0.6) is 0 Å². The largest absolute Gasteiger partial charge is 0.339 e. The quantitative estimate of drug-likeness (QED) is 0.788. The van der Waals surface area contributed by atoms with E-state index in [4.69, 9.17) is 0 Å². The average Bonchev–Trinajstić information content (AvgIpc) is 3.06. The second kappa shape index (κ2) is 8.97. The van der Waals surface area contributed by atoms with E-state index < -0.39 is 0 Å². The Kier molecular flexibility index (Phi) is 6.67. The molecule has 7 heteroatoms. The molecule has 1 aromatic carbocycles. The van der Waals surface area contributed by atoms with E-state index in [1.807, 2.05) is 36.2 Å². The number of halogens is 1. The number of nitrogens with zero attached hydrogens (tertiary/aromatic N) is 3. The van der Waals surface area contributed by atoms with Gasteiger partial charge in [0.25, 0.3) is 0 Å².